The fraction of sp³-hybridized carbons (Fsp3) is 0.364. The van der Waals surface area contributed by atoms with Gasteiger partial charge in [-0.1, -0.05) is 5.57 Å². The number of hydrogen-bond acceptors (Lipinski definition) is 6. The minimum Gasteiger partial charge on any atom is -0.507 e. The van der Waals surface area contributed by atoms with Gasteiger partial charge < -0.3 is 19.7 Å². The highest BCUT2D eigenvalue weighted by Gasteiger charge is 2.39. The Balaban J connectivity index is 2.08. The molecule has 0 saturated carbocycles. The third-order valence-corrected chi connectivity index (χ3v) is 4.76. The average Bonchev–Trinajstić information content (AvgIpc) is 2.51. The van der Waals surface area contributed by atoms with Gasteiger partial charge in [0.1, 0.15) is 29.5 Å². The molecule has 6 nitrogen and oxygen atoms in total. The number of carbonyl (C=O) groups is 2. The summed E-state index contributed by atoms with van der Waals surface area (Å²) in [6.07, 6.45) is 2.18. The molecular formula is C22H24O6. The summed E-state index contributed by atoms with van der Waals surface area (Å²) < 4.78 is 11.0. The summed E-state index contributed by atoms with van der Waals surface area (Å²) in [6, 6.07) is 4.86. The second-order valence-corrected chi connectivity index (χ2v) is 7.71. The van der Waals surface area contributed by atoms with Crippen molar-refractivity contribution in [1.82, 2.24) is 0 Å². The predicted octanol–water partition coefficient (Wildman–Crippen LogP) is 4.05. The molecule has 28 heavy (non-hydrogen) atoms. The quantitative estimate of drug-likeness (QED) is 0.610. The number of rotatable bonds is 4. The number of ketones is 1. The first-order valence-corrected chi connectivity index (χ1v) is 9.10. The fourth-order valence-electron chi connectivity index (χ4n) is 3.68. The highest BCUT2D eigenvalue weighted by molar-refractivity contribution is 6.09. The van der Waals surface area contributed by atoms with E-state index in [2.05, 4.69) is 0 Å². The van der Waals surface area contributed by atoms with Gasteiger partial charge in [0.25, 0.3) is 0 Å². The van der Waals surface area contributed by atoms with Crippen LogP contribution in [0.25, 0.3) is 10.8 Å². The Morgan fingerprint density at radius 3 is 2.54 bits per heavy atom. The Kier molecular flexibility index (Phi) is 5.06. The molecule has 0 saturated heterocycles. The van der Waals surface area contributed by atoms with E-state index in [0.717, 1.165) is 5.57 Å². The summed E-state index contributed by atoms with van der Waals surface area (Å²) in [7, 11) is 0. The van der Waals surface area contributed by atoms with Gasteiger partial charge in [0.2, 0.25) is 0 Å². The van der Waals surface area contributed by atoms with Gasteiger partial charge >= 0.3 is 5.97 Å². The van der Waals surface area contributed by atoms with Crippen LogP contribution in [0.5, 0.6) is 17.2 Å². The van der Waals surface area contributed by atoms with Gasteiger partial charge in [-0.05, 0) is 49.9 Å². The van der Waals surface area contributed by atoms with Crippen molar-refractivity contribution in [3.05, 3.63) is 41.0 Å². The first-order chi connectivity index (χ1) is 13.1. The van der Waals surface area contributed by atoms with Crippen molar-refractivity contribution in [3.8, 4) is 17.2 Å². The lowest BCUT2D eigenvalue weighted by molar-refractivity contribution is -0.155. The zero-order chi connectivity index (χ0) is 20.6. The van der Waals surface area contributed by atoms with Crippen LogP contribution in [0.2, 0.25) is 0 Å². The summed E-state index contributed by atoms with van der Waals surface area (Å²) in [4.78, 5) is 24.1. The largest absolute Gasteiger partial charge is 0.507 e. The SMILES string of the molecule is CC(=O)O[C@@]1(C)CC(=O)c2c(cc3cc(OCC=C(C)C)cc(O)c3c2O)C1. The predicted molar refractivity (Wildman–Crippen MR) is 105 cm³/mol. The number of esters is 1. The van der Waals surface area contributed by atoms with E-state index in [1.54, 1.807) is 19.1 Å². The Hall–Kier alpha value is -3.02. The second-order valence-electron chi connectivity index (χ2n) is 7.71. The van der Waals surface area contributed by atoms with Gasteiger partial charge in [-0.2, -0.15) is 0 Å². The standard InChI is InChI=1S/C22H24O6/c1-12(2)5-6-27-16-8-14-7-15-10-22(4,28-13(3)23)11-18(25)20(15)21(26)19(14)17(24)9-16/h5,7-9,24,26H,6,10-11H2,1-4H3/t22-/m1/s1. The molecule has 148 valence electrons. The minimum atomic E-state index is -0.963. The zero-order valence-electron chi connectivity index (χ0n) is 16.5. The molecule has 0 aliphatic heterocycles. The van der Waals surface area contributed by atoms with E-state index in [4.69, 9.17) is 9.47 Å². The molecule has 1 aliphatic rings. The maximum Gasteiger partial charge on any atom is 0.303 e. The fourth-order valence-corrected chi connectivity index (χ4v) is 3.68. The molecule has 0 spiro atoms. The van der Waals surface area contributed by atoms with Crippen LogP contribution in [-0.4, -0.2) is 34.2 Å². The summed E-state index contributed by atoms with van der Waals surface area (Å²) in [5, 5.41) is 21.9. The van der Waals surface area contributed by atoms with Crippen molar-refractivity contribution in [2.45, 2.75) is 46.1 Å². The van der Waals surface area contributed by atoms with Crippen molar-refractivity contribution in [2.75, 3.05) is 6.61 Å². The zero-order valence-corrected chi connectivity index (χ0v) is 16.5. The van der Waals surface area contributed by atoms with Crippen LogP contribution in [-0.2, 0) is 16.0 Å². The lowest BCUT2D eigenvalue weighted by atomic mass is 9.79. The number of benzene rings is 2. The number of allylic oxidation sites excluding steroid dienone is 1. The molecule has 3 rings (SSSR count). The van der Waals surface area contributed by atoms with Crippen LogP contribution in [0, 0.1) is 0 Å². The molecular weight excluding hydrogens is 360 g/mol. The number of phenolic OH excluding ortho intramolecular Hbond substituents is 2. The molecule has 2 N–H and O–H groups in total. The summed E-state index contributed by atoms with van der Waals surface area (Å²) in [5.41, 5.74) is 0.895. The first-order valence-electron chi connectivity index (χ1n) is 9.10. The van der Waals surface area contributed by atoms with Crippen LogP contribution >= 0.6 is 0 Å². The van der Waals surface area contributed by atoms with E-state index in [9.17, 15) is 19.8 Å². The van der Waals surface area contributed by atoms with Gasteiger partial charge in [-0.3, -0.25) is 9.59 Å². The number of fused-ring (bicyclic) bond motifs is 2. The summed E-state index contributed by atoms with van der Waals surface area (Å²) >= 11 is 0. The molecule has 1 aliphatic carbocycles. The van der Waals surface area contributed by atoms with Crippen molar-refractivity contribution < 1.29 is 29.3 Å². The number of hydrogen-bond donors (Lipinski definition) is 2. The Bertz CT molecular complexity index is 1000. The number of aromatic hydroxyl groups is 2. The Labute approximate surface area is 163 Å². The van der Waals surface area contributed by atoms with Gasteiger partial charge in [-0.15, -0.1) is 0 Å². The normalized spacial score (nSPS) is 18.5. The van der Waals surface area contributed by atoms with Gasteiger partial charge in [0.05, 0.1) is 17.4 Å². The van der Waals surface area contributed by atoms with Crippen LogP contribution in [0.3, 0.4) is 0 Å². The third-order valence-electron chi connectivity index (χ3n) is 4.76. The number of phenols is 2. The molecule has 0 unspecified atom stereocenters. The number of Topliss-reactive ketones (excluding diaryl/α,β-unsaturated/α-hetero) is 1. The van der Waals surface area contributed by atoms with Crippen molar-refractivity contribution in [2.24, 2.45) is 0 Å². The maximum absolute atomic E-state index is 12.7. The van der Waals surface area contributed by atoms with E-state index in [0.29, 0.717) is 29.7 Å². The second kappa shape index (κ2) is 7.19. The lowest BCUT2D eigenvalue weighted by Gasteiger charge is -2.33. The van der Waals surface area contributed by atoms with E-state index in [1.807, 2.05) is 19.9 Å². The van der Waals surface area contributed by atoms with E-state index in [1.165, 1.54) is 13.0 Å². The molecule has 6 heteroatoms. The minimum absolute atomic E-state index is 0.0245. The highest BCUT2D eigenvalue weighted by atomic mass is 16.6. The maximum atomic E-state index is 12.7. The van der Waals surface area contributed by atoms with Crippen molar-refractivity contribution in [1.29, 1.82) is 0 Å². The highest BCUT2D eigenvalue weighted by Crippen LogP contribution is 2.44. The Morgan fingerprint density at radius 2 is 1.89 bits per heavy atom. The third kappa shape index (κ3) is 3.81. The smallest absolute Gasteiger partial charge is 0.303 e. The summed E-state index contributed by atoms with van der Waals surface area (Å²) in [5.74, 6) is -0.752. The first kappa shape index (κ1) is 19.7. The van der Waals surface area contributed by atoms with Crippen LogP contribution < -0.4 is 4.74 Å². The molecule has 0 aromatic heterocycles. The molecule has 1 atom stereocenters. The topological polar surface area (TPSA) is 93.1 Å². The number of ether oxygens (including phenoxy) is 2. The monoisotopic (exact) mass is 384 g/mol. The Morgan fingerprint density at radius 1 is 1.18 bits per heavy atom. The van der Waals surface area contributed by atoms with Crippen LogP contribution in [0.1, 0.15) is 50.0 Å². The lowest BCUT2D eigenvalue weighted by Crippen LogP contribution is -2.40. The van der Waals surface area contributed by atoms with Gasteiger partial charge in [0.15, 0.2) is 5.78 Å². The van der Waals surface area contributed by atoms with E-state index < -0.39 is 11.6 Å². The number of carbonyl (C=O) groups excluding carboxylic acids is 2. The molecule has 0 amide bonds. The molecule has 0 bridgehead atoms. The average molecular weight is 384 g/mol. The van der Waals surface area contributed by atoms with E-state index in [-0.39, 0.29) is 34.7 Å². The van der Waals surface area contributed by atoms with Crippen LogP contribution in [0.4, 0.5) is 0 Å². The molecule has 2 aromatic rings. The van der Waals surface area contributed by atoms with Crippen molar-refractivity contribution in [3.63, 3.8) is 0 Å². The van der Waals surface area contributed by atoms with Gasteiger partial charge in [-0.25, -0.2) is 0 Å². The molecule has 0 fully saturated rings. The summed E-state index contributed by atoms with van der Waals surface area (Å²) in [6.45, 7) is 7.28. The molecule has 2 aromatic carbocycles. The van der Waals surface area contributed by atoms with Crippen LogP contribution in [0.15, 0.2) is 29.8 Å². The van der Waals surface area contributed by atoms with E-state index >= 15 is 0 Å². The molecule has 0 heterocycles. The molecule has 0 radical (unpaired) electrons. The van der Waals surface area contributed by atoms with Crippen molar-refractivity contribution >= 4 is 22.5 Å². The van der Waals surface area contributed by atoms with Gasteiger partial charge in [0, 0.05) is 19.4 Å².